The number of aromatic nitrogens is 1. The smallest absolute Gasteiger partial charge is 0.316 e. The second kappa shape index (κ2) is 5.07. The molecule has 2 N–H and O–H groups in total. The third kappa shape index (κ3) is 2.38. The van der Waals surface area contributed by atoms with E-state index in [4.69, 9.17) is 4.74 Å². The van der Waals surface area contributed by atoms with Crippen molar-refractivity contribution in [2.24, 2.45) is 0 Å². The summed E-state index contributed by atoms with van der Waals surface area (Å²) in [5.74, 6) is 0. The lowest BCUT2D eigenvalue weighted by molar-refractivity contribution is -0.0457. The molecular formula is C16H21N3O2. The van der Waals surface area contributed by atoms with Gasteiger partial charge in [0.25, 0.3) is 0 Å². The molecule has 1 atom stereocenters. The SMILES string of the molecule is CN(C)C(=O)NCC1(C)OCCc2c1[nH]c1ccccc21. The fourth-order valence-electron chi connectivity index (χ4n) is 2.90. The van der Waals surface area contributed by atoms with Crippen LogP contribution in [0.1, 0.15) is 18.2 Å². The van der Waals surface area contributed by atoms with Crippen LogP contribution in [0.3, 0.4) is 0 Å². The molecule has 112 valence electrons. The van der Waals surface area contributed by atoms with Gasteiger partial charge in [-0.3, -0.25) is 0 Å². The summed E-state index contributed by atoms with van der Waals surface area (Å²) in [6.45, 7) is 3.14. The summed E-state index contributed by atoms with van der Waals surface area (Å²) in [6, 6.07) is 8.18. The van der Waals surface area contributed by atoms with E-state index in [0.717, 1.165) is 17.6 Å². The number of H-pyrrole nitrogens is 1. The first-order valence-corrected chi connectivity index (χ1v) is 7.20. The Balaban J connectivity index is 1.94. The molecule has 1 aliphatic heterocycles. The Morgan fingerprint density at radius 1 is 1.43 bits per heavy atom. The Labute approximate surface area is 124 Å². The second-order valence-electron chi connectivity index (χ2n) is 5.91. The maximum Gasteiger partial charge on any atom is 0.316 e. The molecule has 0 fully saturated rings. The first kappa shape index (κ1) is 13.9. The van der Waals surface area contributed by atoms with Crippen molar-refractivity contribution < 1.29 is 9.53 Å². The van der Waals surface area contributed by atoms with Gasteiger partial charge in [-0.2, -0.15) is 0 Å². The van der Waals surface area contributed by atoms with Crippen LogP contribution in [0.5, 0.6) is 0 Å². The highest BCUT2D eigenvalue weighted by molar-refractivity contribution is 5.85. The standard InChI is InChI=1S/C16H21N3O2/c1-16(10-17-15(20)19(2)3)14-12(8-9-21-16)11-6-4-5-7-13(11)18-14/h4-7,18H,8-10H2,1-3H3,(H,17,20). The maximum absolute atomic E-state index is 11.8. The van der Waals surface area contributed by atoms with Crippen molar-refractivity contribution in [2.45, 2.75) is 18.9 Å². The van der Waals surface area contributed by atoms with Crippen LogP contribution in [0, 0.1) is 0 Å². The van der Waals surface area contributed by atoms with Gasteiger partial charge >= 0.3 is 6.03 Å². The quantitative estimate of drug-likeness (QED) is 0.890. The summed E-state index contributed by atoms with van der Waals surface area (Å²) in [5, 5.41) is 4.17. The molecule has 2 aromatic rings. The number of nitrogens with zero attached hydrogens (tertiary/aromatic N) is 1. The largest absolute Gasteiger partial charge is 0.367 e. The minimum atomic E-state index is -0.516. The van der Waals surface area contributed by atoms with Crippen LogP contribution in [0.4, 0.5) is 4.79 Å². The minimum Gasteiger partial charge on any atom is -0.367 e. The van der Waals surface area contributed by atoms with Gasteiger partial charge in [0.1, 0.15) is 5.60 Å². The third-order valence-corrected chi connectivity index (χ3v) is 4.10. The van der Waals surface area contributed by atoms with Crippen LogP contribution < -0.4 is 5.32 Å². The van der Waals surface area contributed by atoms with E-state index in [1.54, 1.807) is 14.1 Å². The molecule has 1 aromatic heterocycles. The van der Waals surface area contributed by atoms with Crippen molar-refractivity contribution in [1.82, 2.24) is 15.2 Å². The predicted molar refractivity (Wildman–Crippen MR) is 82.4 cm³/mol. The summed E-state index contributed by atoms with van der Waals surface area (Å²) in [6.07, 6.45) is 0.899. The average Bonchev–Trinajstić information content (AvgIpc) is 2.85. The number of aromatic amines is 1. The molecule has 21 heavy (non-hydrogen) atoms. The van der Waals surface area contributed by atoms with Crippen molar-refractivity contribution >= 4 is 16.9 Å². The van der Waals surface area contributed by atoms with Crippen LogP contribution in [0.2, 0.25) is 0 Å². The Morgan fingerprint density at radius 3 is 2.95 bits per heavy atom. The predicted octanol–water partition coefficient (Wildman–Crippen LogP) is 2.23. The van der Waals surface area contributed by atoms with Gasteiger partial charge in [-0.1, -0.05) is 18.2 Å². The molecule has 0 aliphatic carbocycles. The van der Waals surface area contributed by atoms with Gasteiger partial charge in [-0.15, -0.1) is 0 Å². The second-order valence-corrected chi connectivity index (χ2v) is 5.91. The first-order valence-electron chi connectivity index (χ1n) is 7.20. The van der Waals surface area contributed by atoms with E-state index in [1.807, 2.05) is 13.0 Å². The number of fused-ring (bicyclic) bond motifs is 3. The lowest BCUT2D eigenvalue weighted by atomic mass is 9.93. The van der Waals surface area contributed by atoms with Crippen molar-refractivity contribution in [2.75, 3.05) is 27.2 Å². The van der Waals surface area contributed by atoms with Gasteiger partial charge in [-0.05, 0) is 25.0 Å². The van der Waals surface area contributed by atoms with E-state index in [2.05, 4.69) is 28.5 Å². The fraction of sp³-hybridized carbons (Fsp3) is 0.438. The normalized spacial score (nSPS) is 21.1. The lowest BCUT2D eigenvalue weighted by Crippen LogP contribution is -2.46. The lowest BCUT2D eigenvalue weighted by Gasteiger charge is -2.34. The van der Waals surface area contributed by atoms with Gasteiger partial charge in [0.15, 0.2) is 0 Å². The number of carbonyl (C=O) groups excluding carboxylic acids is 1. The maximum atomic E-state index is 11.8. The molecule has 1 aliphatic rings. The van der Waals surface area contributed by atoms with Crippen molar-refractivity contribution in [3.63, 3.8) is 0 Å². The number of hydrogen-bond donors (Lipinski definition) is 2. The number of rotatable bonds is 2. The zero-order valence-corrected chi connectivity index (χ0v) is 12.7. The summed E-state index contributed by atoms with van der Waals surface area (Å²) >= 11 is 0. The Kier molecular flexibility index (Phi) is 3.37. The Morgan fingerprint density at radius 2 is 2.19 bits per heavy atom. The van der Waals surface area contributed by atoms with Gasteiger partial charge in [-0.25, -0.2) is 4.79 Å². The molecule has 0 radical (unpaired) electrons. The van der Waals surface area contributed by atoms with E-state index in [9.17, 15) is 4.79 Å². The number of urea groups is 1. The van der Waals surface area contributed by atoms with E-state index in [-0.39, 0.29) is 6.03 Å². The van der Waals surface area contributed by atoms with E-state index in [0.29, 0.717) is 13.2 Å². The molecule has 5 heteroatoms. The van der Waals surface area contributed by atoms with Crippen LogP contribution in [0.25, 0.3) is 10.9 Å². The van der Waals surface area contributed by atoms with Gasteiger partial charge in [0, 0.05) is 25.0 Å². The van der Waals surface area contributed by atoms with Crippen molar-refractivity contribution in [3.05, 3.63) is 35.5 Å². The molecule has 0 spiro atoms. The first-order chi connectivity index (χ1) is 10.0. The highest BCUT2D eigenvalue weighted by Gasteiger charge is 2.36. The molecule has 5 nitrogen and oxygen atoms in total. The zero-order valence-electron chi connectivity index (χ0n) is 12.7. The zero-order chi connectivity index (χ0) is 15.0. The molecule has 2 heterocycles. The summed E-state index contributed by atoms with van der Waals surface area (Å²) in [7, 11) is 3.46. The average molecular weight is 287 g/mol. The van der Waals surface area contributed by atoms with E-state index in [1.165, 1.54) is 15.8 Å². The van der Waals surface area contributed by atoms with Crippen LogP contribution >= 0.6 is 0 Å². The molecular weight excluding hydrogens is 266 g/mol. The number of ether oxygens (including phenoxy) is 1. The number of para-hydroxylation sites is 1. The highest BCUT2D eigenvalue weighted by Crippen LogP contribution is 2.36. The minimum absolute atomic E-state index is 0.108. The van der Waals surface area contributed by atoms with E-state index >= 15 is 0 Å². The molecule has 0 bridgehead atoms. The topological polar surface area (TPSA) is 57.4 Å². The van der Waals surface area contributed by atoms with Gasteiger partial charge in [0.2, 0.25) is 0 Å². The molecule has 1 aromatic carbocycles. The number of carbonyl (C=O) groups is 1. The summed E-state index contributed by atoms with van der Waals surface area (Å²) in [4.78, 5) is 16.8. The summed E-state index contributed by atoms with van der Waals surface area (Å²) in [5.41, 5.74) is 2.99. The van der Waals surface area contributed by atoms with Crippen molar-refractivity contribution in [3.8, 4) is 0 Å². The third-order valence-electron chi connectivity index (χ3n) is 4.10. The van der Waals surface area contributed by atoms with E-state index < -0.39 is 5.60 Å². The highest BCUT2D eigenvalue weighted by atomic mass is 16.5. The number of nitrogens with one attached hydrogen (secondary N) is 2. The van der Waals surface area contributed by atoms with Crippen LogP contribution in [-0.2, 0) is 16.8 Å². The summed E-state index contributed by atoms with van der Waals surface area (Å²) < 4.78 is 5.99. The number of amides is 2. The van der Waals surface area contributed by atoms with Gasteiger partial charge in [0.05, 0.1) is 18.8 Å². The molecule has 1 unspecified atom stereocenters. The monoisotopic (exact) mass is 287 g/mol. The Hall–Kier alpha value is -2.01. The Bertz CT molecular complexity index is 677. The van der Waals surface area contributed by atoms with Crippen LogP contribution in [0.15, 0.2) is 24.3 Å². The molecule has 0 saturated heterocycles. The number of benzene rings is 1. The fourth-order valence-corrected chi connectivity index (χ4v) is 2.90. The molecule has 2 amide bonds. The van der Waals surface area contributed by atoms with Crippen molar-refractivity contribution in [1.29, 1.82) is 0 Å². The number of hydrogen-bond acceptors (Lipinski definition) is 2. The molecule has 0 saturated carbocycles. The molecule has 3 rings (SSSR count). The van der Waals surface area contributed by atoms with Gasteiger partial charge < -0.3 is 19.9 Å². The van der Waals surface area contributed by atoms with Crippen LogP contribution in [-0.4, -0.2) is 43.2 Å².